The van der Waals surface area contributed by atoms with Crippen LogP contribution < -0.4 is 20.9 Å². The first-order valence-corrected chi connectivity index (χ1v) is 9.39. The molecule has 0 saturated carbocycles. The second-order valence-electron chi connectivity index (χ2n) is 6.12. The van der Waals surface area contributed by atoms with E-state index >= 15 is 0 Å². The van der Waals surface area contributed by atoms with Crippen molar-refractivity contribution in [2.24, 2.45) is 5.11 Å². The van der Waals surface area contributed by atoms with Crippen LogP contribution in [0.25, 0.3) is 10.4 Å². The van der Waals surface area contributed by atoms with Crippen molar-refractivity contribution in [2.45, 2.75) is 6.92 Å². The number of hydrogen-bond donors (Lipinski definition) is 3. The van der Waals surface area contributed by atoms with E-state index in [4.69, 9.17) is 17.1 Å². The predicted octanol–water partition coefficient (Wildman–Crippen LogP) is 5.26. The molecular weight excluding hydrogens is 390 g/mol. The van der Waals surface area contributed by atoms with E-state index in [-0.39, 0.29) is 6.03 Å². The Balaban J connectivity index is 1.84. The first kappa shape index (κ1) is 20.1. The van der Waals surface area contributed by atoms with Crippen molar-refractivity contribution >= 4 is 34.7 Å². The lowest BCUT2D eigenvalue weighted by Gasteiger charge is -2.30. The van der Waals surface area contributed by atoms with Gasteiger partial charge in [-0.15, -0.1) is 0 Å². The van der Waals surface area contributed by atoms with Gasteiger partial charge in [0.05, 0.1) is 0 Å². The van der Waals surface area contributed by atoms with Gasteiger partial charge in [0, 0.05) is 51.9 Å². The van der Waals surface area contributed by atoms with Crippen LogP contribution in [0.15, 0.2) is 77.3 Å². The molecule has 9 heteroatoms. The minimum atomic E-state index is -0.290. The summed E-state index contributed by atoms with van der Waals surface area (Å²) < 4.78 is 0. The molecule has 0 fully saturated rings. The Morgan fingerprint density at radius 3 is 2.59 bits per heavy atom. The van der Waals surface area contributed by atoms with Crippen molar-refractivity contribution in [3.05, 3.63) is 87.7 Å². The molecule has 0 saturated heterocycles. The second-order valence-corrected chi connectivity index (χ2v) is 6.56. The number of benzene rings is 2. The van der Waals surface area contributed by atoms with Gasteiger partial charge in [0.2, 0.25) is 0 Å². The van der Waals surface area contributed by atoms with E-state index < -0.39 is 0 Å². The number of hydrogen-bond acceptors (Lipinski definition) is 4. The van der Waals surface area contributed by atoms with Crippen LogP contribution in [-0.2, 0) is 0 Å². The van der Waals surface area contributed by atoms with E-state index in [1.807, 2.05) is 60.4 Å². The van der Waals surface area contributed by atoms with Gasteiger partial charge in [-0.3, -0.25) is 5.32 Å². The molecule has 2 aromatic carbocycles. The molecule has 0 unspecified atom stereocenters. The number of urea groups is 1. The normalized spacial score (nSPS) is 13.0. The maximum atomic E-state index is 12.1. The lowest BCUT2D eigenvalue weighted by Crippen LogP contribution is -2.42. The van der Waals surface area contributed by atoms with E-state index in [1.54, 1.807) is 12.1 Å². The Labute approximate surface area is 173 Å². The molecule has 148 valence electrons. The quantitative estimate of drug-likeness (QED) is 0.344. The molecular formula is C20H20ClN7O. The summed E-state index contributed by atoms with van der Waals surface area (Å²) in [5.41, 5.74) is 11.7. The first-order valence-electron chi connectivity index (χ1n) is 9.01. The fourth-order valence-corrected chi connectivity index (χ4v) is 2.91. The number of carbonyl (C=O) groups excluding carboxylic acids is 1. The molecule has 1 heterocycles. The van der Waals surface area contributed by atoms with Crippen LogP contribution in [-0.4, -0.2) is 19.1 Å². The third-order valence-electron chi connectivity index (χ3n) is 4.11. The zero-order valence-corrected chi connectivity index (χ0v) is 16.5. The highest BCUT2D eigenvalue weighted by Crippen LogP contribution is 2.26. The summed E-state index contributed by atoms with van der Waals surface area (Å²) >= 11 is 5.94. The monoisotopic (exact) mass is 409 g/mol. The molecule has 1 aliphatic rings. The SMILES string of the molecule is CCNC(=O)NC1=CC(Nc2ccc(Cl)cc2)=CCN1c1ccc(N=[N+]=[N-])cc1. The van der Waals surface area contributed by atoms with E-state index in [2.05, 4.69) is 26.0 Å². The highest BCUT2D eigenvalue weighted by molar-refractivity contribution is 6.30. The molecule has 8 nitrogen and oxygen atoms in total. The summed E-state index contributed by atoms with van der Waals surface area (Å²) in [4.78, 5) is 16.9. The summed E-state index contributed by atoms with van der Waals surface area (Å²) in [5, 5.41) is 13.2. The smallest absolute Gasteiger partial charge is 0.320 e. The van der Waals surface area contributed by atoms with Crippen molar-refractivity contribution in [3.63, 3.8) is 0 Å². The number of allylic oxidation sites excluding steroid dienone is 1. The van der Waals surface area contributed by atoms with Crippen LogP contribution in [0.5, 0.6) is 0 Å². The van der Waals surface area contributed by atoms with Gasteiger partial charge in [0.15, 0.2) is 0 Å². The minimum absolute atomic E-state index is 0.290. The minimum Gasteiger partial charge on any atom is -0.356 e. The standard InChI is InChI=1S/C20H20ClN7O/c1-2-23-20(29)25-19-13-17(24-15-5-3-14(21)4-6-15)11-12-28(19)18-9-7-16(8-10-18)26-27-22/h3-11,13,24H,2,12H2,1H3,(H2,23,25,29). The number of anilines is 2. The van der Waals surface area contributed by atoms with Crippen LogP contribution >= 0.6 is 11.6 Å². The van der Waals surface area contributed by atoms with Crippen LogP contribution in [0.1, 0.15) is 6.92 Å². The summed E-state index contributed by atoms with van der Waals surface area (Å²) in [6, 6.07) is 14.2. The predicted molar refractivity (Wildman–Crippen MR) is 116 cm³/mol. The topological polar surface area (TPSA) is 105 Å². The van der Waals surface area contributed by atoms with Crippen LogP contribution in [0, 0.1) is 0 Å². The Kier molecular flexibility index (Phi) is 6.63. The van der Waals surface area contributed by atoms with Gasteiger partial charge in [0.25, 0.3) is 0 Å². The van der Waals surface area contributed by atoms with Crippen LogP contribution in [0.3, 0.4) is 0 Å². The molecule has 29 heavy (non-hydrogen) atoms. The summed E-state index contributed by atoms with van der Waals surface area (Å²) in [7, 11) is 0. The number of azide groups is 1. The van der Waals surface area contributed by atoms with Crippen LogP contribution in [0.4, 0.5) is 21.9 Å². The number of nitrogens with zero attached hydrogens (tertiary/aromatic N) is 4. The Hall–Kier alpha value is -3.61. The molecule has 3 N–H and O–H groups in total. The fourth-order valence-electron chi connectivity index (χ4n) is 2.78. The van der Waals surface area contributed by atoms with Gasteiger partial charge in [-0.2, -0.15) is 0 Å². The fraction of sp³-hybridized carbons (Fsp3) is 0.150. The number of halogens is 1. The highest BCUT2D eigenvalue weighted by atomic mass is 35.5. The third-order valence-corrected chi connectivity index (χ3v) is 4.36. The summed E-state index contributed by atoms with van der Waals surface area (Å²) in [5.74, 6) is 0.617. The van der Waals surface area contributed by atoms with Gasteiger partial charge in [-0.05, 0) is 54.9 Å². The molecule has 2 amide bonds. The lowest BCUT2D eigenvalue weighted by atomic mass is 10.2. The number of carbonyl (C=O) groups is 1. The number of amides is 2. The van der Waals surface area contributed by atoms with Gasteiger partial charge in [-0.1, -0.05) is 28.8 Å². The van der Waals surface area contributed by atoms with Crippen molar-refractivity contribution in [3.8, 4) is 0 Å². The molecule has 0 atom stereocenters. The first-order chi connectivity index (χ1) is 14.1. The van der Waals surface area contributed by atoms with Crippen molar-refractivity contribution < 1.29 is 4.79 Å². The molecule has 2 aromatic rings. The summed E-state index contributed by atoms with van der Waals surface area (Å²) in [6.45, 7) is 2.91. The molecule has 0 bridgehead atoms. The second kappa shape index (κ2) is 9.54. The van der Waals surface area contributed by atoms with Gasteiger partial charge in [0.1, 0.15) is 5.82 Å². The molecule has 0 aromatic heterocycles. The van der Waals surface area contributed by atoms with Gasteiger partial charge < -0.3 is 15.5 Å². The van der Waals surface area contributed by atoms with Gasteiger partial charge >= 0.3 is 6.03 Å². The van der Waals surface area contributed by atoms with Gasteiger partial charge in [-0.25, -0.2) is 4.79 Å². The largest absolute Gasteiger partial charge is 0.356 e. The molecule has 0 aliphatic carbocycles. The molecule has 0 spiro atoms. The van der Waals surface area contributed by atoms with Crippen molar-refractivity contribution in [2.75, 3.05) is 23.3 Å². The Morgan fingerprint density at radius 1 is 1.21 bits per heavy atom. The zero-order valence-electron chi connectivity index (χ0n) is 15.8. The molecule has 1 aliphatic heterocycles. The third kappa shape index (κ3) is 5.44. The molecule has 0 radical (unpaired) electrons. The average molecular weight is 410 g/mol. The maximum absolute atomic E-state index is 12.1. The Morgan fingerprint density at radius 2 is 1.93 bits per heavy atom. The molecule has 3 rings (SSSR count). The Bertz CT molecular complexity index is 977. The van der Waals surface area contributed by atoms with E-state index in [9.17, 15) is 4.79 Å². The lowest BCUT2D eigenvalue weighted by molar-refractivity contribution is 0.243. The van der Waals surface area contributed by atoms with E-state index in [0.717, 1.165) is 17.1 Å². The zero-order chi connectivity index (χ0) is 20.6. The number of rotatable bonds is 6. The highest BCUT2D eigenvalue weighted by Gasteiger charge is 2.18. The van der Waals surface area contributed by atoms with Crippen molar-refractivity contribution in [1.82, 2.24) is 10.6 Å². The number of nitrogens with one attached hydrogen (secondary N) is 3. The van der Waals surface area contributed by atoms with Crippen molar-refractivity contribution in [1.29, 1.82) is 0 Å². The van der Waals surface area contributed by atoms with E-state index in [0.29, 0.717) is 29.6 Å². The maximum Gasteiger partial charge on any atom is 0.320 e. The van der Waals surface area contributed by atoms with Crippen LogP contribution in [0.2, 0.25) is 5.02 Å². The van der Waals surface area contributed by atoms with E-state index in [1.165, 1.54) is 0 Å². The summed E-state index contributed by atoms with van der Waals surface area (Å²) in [6.07, 6.45) is 3.87. The average Bonchev–Trinajstić information content (AvgIpc) is 2.71.